The summed E-state index contributed by atoms with van der Waals surface area (Å²) in [6.45, 7) is 4.59. The lowest BCUT2D eigenvalue weighted by Gasteiger charge is -2.22. The van der Waals surface area contributed by atoms with Crippen LogP contribution in [0.5, 0.6) is 0 Å². The van der Waals surface area contributed by atoms with E-state index in [0.29, 0.717) is 12.2 Å². The largest absolute Gasteiger partial charge is 0.481 e. The van der Waals surface area contributed by atoms with Crippen molar-refractivity contribution in [3.63, 3.8) is 0 Å². The van der Waals surface area contributed by atoms with E-state index in [1.807, 2.05) is 30.0 Å². The molecule has 1 rings (SSSR count). The van der Waals surface area contributed by atoms with Gasteiger partial charge in [-0.25, -0.2) is 0 Å². The molecule has 0 fully saturated rings. The fraction of sp³-hybridized carbons (Fsp3) is 0.385. The molecule has 5 heteroatoms. The van der Waals surface area contributed by atoms with E-state index in [1.165, 1.54) is 6.92 Å². The third-order valence-corrected chi connectivity index (χ3v) is 2.51. The number of nitrogens with zero attached hydrogens (tertiary/aromatic N) is 1. The third-order valence-electron chi connectivity index (χ3n) is 2.51. The minimum atomic E-state index is -0.813. The monoisotopic (exact) mass is 250 g/mol. The van der Waals surface area contributed by atoms with Gasteiger partial charge in [0.05, 0.1) is 6.42 Å². The van der Waals surface area contributed by atoms with E-state index in [2.05, 4.69) is 5.32 Å². The zero-order valence-corrected chi connectivity index (χ0v) is 10.6. The molecule has 1 aromatic carbocycles. The predicted molar refractivity (Wildman–Crippen MR) is 70.9 cm³/mol. The lowest BCUT2D eigenvalue weighted by molar-refractivity contribution is -0.136. The maximum absolute atomic E-state index is 11.0. The van der Waals surface area contributed by atoms with Crippen LogP contribution in [0, 0.1) is 0 Å². The normalized spacial score (nSPS) is 9.89. The van der Waals surface area contributed by atoms with Gasteiger partial charge in [-0.1, -0.05) is 6.07 Å². The van der Waals surface area contributed by atoms with Crippen LogP contribution < -0.4 is 10.2 Å². The van der Waals surface area contributed by atoms with Crippen molar-refractivity contribution in [2.45, 2.75) is 20.3 Å². The van der Waals surface area contributed by atoms with Crippen LogP contribution in [0.3, 0.4) is 0 Å². The molecule has 0 radical (unpaired) electrons. The number of carboxylic acid groups (broad SMARTS) is 1. The number of nitrogens with one attached hydrogen (secondary N) is 1. The average molecular weight is 250 g/mol. The quantitative estimate of drug-likeness (QED) is 0.809. The van der Waals surface area contributed by atoms with Gasteiger partial charge in [-0.05, 0) is 25.1 Å². The topological polar surface area (TPSA) is 69.6 Å². The zero-order chi connectivity index (χ0) is 13.5. The first-order chi connectivity index (χ1) is 8.52. The second-order valence-electron chi connectivity index (χ2n) is 3.95. The highest BCUT2D eigenvalue weighted by Crippen LogP contribution is 2.19. The second kappa shape index (κ2) is 6.64. The van der Waals surface area contributed by atoms with Crippen LogP contribution in [0.1, 0.15) is 20.3 Å². The molecular formula is C13H18N2O3. The maximum Gasteiger partial charge on any atom is 0.305 e. The molecule has 0 aliphatic heterocycles. The van der Waals surface area contributed by atoms with Gasteiger partial charge in [-0.3, -0.25) is 9.59 Å². The minimum Gasteiger partial charge on any atom is -0.481 e. The Hall–Kier alpha value is -2.04. The Labute approximate surface area is 106 Å². The number of carbonyl (C=O) groups excluding carboxylic acids is 1. The smallest absolute Gasteiger partial charge is 0.305 e. The van der Waals surface area contributed by atoms with Crippen molar-refractivity contribution in [3.05, 3.63) is 24.3 Å². The summed E-state index contributed by atoms with van der Waals surface area (Å²) in [6.07, 6.45) is 0.0954. The van der Waals surface area contributed by atoms with Crippen LogP contribution in [0.4, 0.5) is 11.4 Å². The summed E-state index contributed by atoms with van der Waals surface area (Å²) < 4.78 is 0. The van der Waals surface area contributed by atoms with Crippen molar-refractivity contribution in [2.24, 2.45) is 0 Å². The first-order valence-corrected chi connectivity index (χ1v) is 5.87. The number of benzene rings is 1. The second-order valence-corrected chi connectivity index (χ2v) is 3.95. The molecule has 0 saturated carbocycles. The highest BCUT2D eigenvalue weighted by molar-refractivity contribution is 5.89. The van der Waals surface area contributed by atoms with Crippen LogP contribution in [0.25, 0.3) is 0 Å². The fourth-order valence-electron chi connectivity index (χ4n) is 1.68. The molecule has 98 valence electrons. The van der Waals surface area contributed by atoms with Gasteiger partial charge in [0.2, 0.25) is 5.91 Å². The number of amides is 1. The fourth-order valence-corrected chi connectivity index (χ4v) is 1.68. The van der Waals surface area contributed by atoms with Crippen LogP contribution in [-0.2, 0) is 9.59 Å². The maximum atomic E-state index is 11.0. The van der Waals surface area contributed by atoms with Crippen LogP contribution in [0.15, 0.2) is 24.3 Å². The van der Waals surface area contributed by atoms with Gasteiger partial charge >= 0.3 is 5.97 Å². The highest BCUT2D eigenvalue weighted by atomic mass is 16.4. The molecule has 0 aromatic heterocycles. The standard InChI is InChI=1S/C13H18N2O3/c1-3-15(8-7-13(17)18)12-6-4-5-11(9-12)14-10(2)16/h4-6,9H,3,7-8H2,1-2H3,(H,14,16)(H,17,18). The molecule has 2 N–H and O–H groups in total. The highest BCUT2D eigenvalue weighted by Gasteiger charge is 2.07. The first-order valence-electron chi connectivity index (χ1n) is 5.87. The lowest BCUT2D eigenvalue weighted by atomic mass is 10.2. The van der Waals surface area contributed by atoms with Gasteiger partial charge < -0.3 is 15.3 Å². The molecule has 0 aliphatic rings. The van der Waals surface area contributed by atoms with Crippen molar-refractivity contribution in [3.8, 4) is 0 Å². The molecule has 0 spiro atoms. The number of anilines is 2. The Morgan fingerprint density at radius 2 is 2.11 bits per heavy atom. The summed E-state index contributed by atoms with van der Waals surface area (Å²) in [6, 6.07) is 7.38. The van der Waals surface area contributed by atoms with Crippen molar-refractivity contribution < 1.29 is 14.7 Å². The van der Waals surface area contributed by atoms with Gasteiger partial charge in [0, 0.05) is 31.4 Å². The average Bonchev–Trinajstić information content (AvgIpc) is 2.29. The summed E-state index contributed by atoms with van der Waals surface area (Å²) in [4.78, 5) is 23.5. The van der Waals surface area contributed by atoms with E-state index in [-0.39, 0.29) is 12.3 Å². The molecule has 18 heavy (non-hydrogen) atoms. The summed E-state index contributed by atoms with van der Waals surface area (Å²) in [7, 11) is 0. The molecule has 5 nitrogen and oxygen atoms in total. The summed E-state index contributed by atoms with van der Waals surface area (Å²) in [5.74, 6) is -0.938. The van der Waals surface area contributed by atoms with Crippen LogP contribution in [0.2, 0.25) is 0 Å². The Morgan fingerprint density at radius 1 is 1.39 bits per heavy atom. The number of carbonyl (C=O) groups is 2. The minimum absolute atomic E-state index is 0.0954. The molecule has 1 amide bonds. The Balaban J connectivity index is 2.78. The molecule has 0 heterocycles. The van der Waals surface area contributed by atoms with Crippen molar-refractivity contribution in [1.29, 1.82) is 0 Å². The number of hydrogen-bond acceptors (Lipinski definition) is 3. The Morgan fingerprint density at radius 3 is 2.67 bits per heavy atom. The van der Waals surface area contributed by atoms with Gasteiger partial charge in [0.1, 0.15) is 0 Å². The Bertz CT molecular complexity index is 432. The van der Waals surface area contributed by atoms with E-state index < -0.39 is 5.97 Å². The lowest BCUT2D eigenvalue weighted by Crippen LogP contribution is -2.25. The number of rotatable bonds is 6. The van der Waals surface area contributed by atoms with Crippen LogP contribution in [-0.4, -0.2) is 30.1 Å². The first kappa shape index (κ1) is 14.0. The SMILES string of the molecule is CCN(CCC(=O)O)c1cccc(NC(C)=O)c1. The van der Waals surface area contributed by atoms with Crippen LogP contribution >= 0.6 is 0 Å². The van der Waals surface area contributed by atoms with Crippen molar-refractivity contribution >= 4 is 23.3 Å². The van der Waals surface area contributed by atoms with E-state index in [1.54, 1.807) is 6.07 Å². The molecule has 0 bridgehead atoms. The summed E-state index contributed by atoms with van der Waals surface area (Å²) >= 11 is 0. The molecule has 0 unspecified atom stereocenters. The number of aliphatic carboxylic acids is 1. The number of carboxylic acids is 1. The molecular weight excluding hydrogens is 232 g/mol. The molecule has 0 saturated heterocycles. The summed E-state index contributed by atoms with van der Waals surface area (Å²) in [5, 5.41) is 11.4. The predicted octanol–water partition coefficient (Wildman–Crippen LogP) is 1.95. The van der Waals surface area contributed by atoms with Gasteiger partial charge in [-0.15, -0.1) is 0 Å². The molecule has 0 atom stereocenters. The molecule has 1 aromatic rings. The molecule has 0 aliphatic carbocycles. The van der Waals surface area contributed by atoms with E-state index >= 15 is 0 Å². The Kier molecular flexibility index (Phi) is 5.17. The van der Waals surface area contributed by atoms with E-state index in [4.69, 9.17) is 5.11 Å². The van der Waals surface area contributed by atoms with Crippen molar-refractivity contribution in [2.75, 3.05) is 23.3 Å². The van der Waals surface area contributed by atoms with Crippen molar-refractivity contribution in [1.82, 2.24) is 0 Å². The van der Waals surface area contributed by atoms with Gasteiger partial charge in [0.25, 0.3) is 0 Å². The number of hydrogen-bond donors (Lipinski definition) is 2. The zero-order valence-electron chi connectivity index (χ0n) is 10.6. The third kappa shape index (κ3) is 4.45. The van der Waals surface area contributed by atoms with E-state index in [9.17, 15) is 9.59 Å². The van der Waals surface area contributed by atoms with Gasteiger partial charge in [-0.2, -0.15) is 0 Å². The van der Waals surface area contributed by atoms with E-state index in [0.717, 1.165) is 12.2 Å². The van der Waals surface area contributed by atoms with Gasteiger partial charge in [0.15, 0.2) is 0 Å². The summed E-state index contributed by atoms with van der Waals surface area (Å²) in [5.41, 5.74) is 1.62.